The van der Waals surface area contributed by atoms with Gasteiger partial charge in [-0.1, -0.05) is 13.3 Å². The zero-order chi connectivity index (χ0) is 18.8. The molecule has 2 bridgehead atoms. The van der Waals surface area contributed by atoms with Gasteiger partial charge in [0, 0.05) is 18.3 Å². The first-order valence-electron chi connectivity index (χ1n) is 8.94. The quantitative estimate of drug-likeness (QED) is 0.726. The number of carbonyl (C=O) groups is 1. The standard InChI is InChI=1S/C19H20FN5O2/c1-2-3-14-11-27-16-5-4-13(20)8-12(16)9-21-17-6-7-25-18(24-17)15(10-22-25)19(26)23-14/h4-8,10,14H,2-3,9,11H2,1H3,(H,21,24)(H,23,26)/t14-/m1/s1. The molecule has 0 aliphatic carbocycles. The van der Waals surface area contributed by atoms with E-state index in [1.54, 1.807) is 22.8 Å². The number of nitrogens with one attached hydrogen (secondary N) is 2. The Morgan fingerprint density at radius 3 is 3.11 bits per heavy atom. The van der Waals surface area contributed by atoms with Crippen molar-refractivity contribution in [1.29, 1.82) is 0 Å². The molecule has 1 aromatic carbocycles. The highest BCUT2D eigenvalue weighted by molar-refractivity contribution is 5.99. The van der Waals surface area contributed by atoms with Crippen LogP contribution in [-0.2, 0) is 6.54 Å². The molecule has 7 nitrogen and oxygen atoms in total. The minimum Gasteiger partial charge on any atom is -0.491 e. The predicted molar refractivity (Wildman–Crippen MR) is 98.4 cm³/mol. The Kier molecular flexibility index (Phi) is 4.62. The number of hydrogen-bond acceptors (Lipinski definition) is 5. The van der Waals surface area contributed by atoms with Crippen LogP contribution in [0.3, 0.4) is 0 Å². The van der Waals surface area contributed by atoms with E-state index >= 15 is 0 Å². The van der Waals surface area contributed by atoms with E-state index in [9.17, 15) is 9.18 Å². The molecule has 2 N–H and O–H groups in total. The second-order valence-electron chi connectivity index (χ2n) is 6.51. The molecule has 2 aromatic heterocycles. The van der Waals surface area contributed by atoms with Crippen LogP contribution < -0.4 is 15.4 Å². The van der Waals surface area contributed by atoms with Crippen LogP contribution in [-0.4, -0.2) is 33.2 Å². The van der Waals surface area contributed by atoms with E-state index in [-0.39, 0.29) is 17.8 Å². The normalized spacial score (nSPS) is 17.1. The van der Waals surface area contributed by atoms with Crippen LogP contribution in [0.4, 0.5) is 10.2 Å². The van der Waals surface area contributed by atoms with Crippen LogP contribution in [0.5, 0.6) is 5.75 Å². The third-order valence-electron chi connectivity index (χ3n) is 4.51. The van der Waals surface area contributed by atoms with Crippen LogP contribution in [0.1, 0.15) is 35.7 Å². The number of nitrogens with zero attached hydrogens (tertiary/aromatic N) is 3. The molecular weight excluding hydrogens is 349 g/mol. The first-order valence-corrected chi connectivity index (χ1v) is 8.94. The van der Waals surface area contributed by atoms with E-state index in [0.717, 1.165) is 12.8 Å². The monoisotopic (exact) mass is 369 g/mol. The number of halogens is 1. The summed E-state index contributed by atoms with van der Waals surface area (Å²) in [5.41, 5.74) is 1.56. The Bertz CT molecular complexity index is 987. The number of rotatable bonds is 2. The number of carbonyl (C=O) groups excluding carboxylic acids is 1. The summed E-state index contributed by atoms with van der Waals surface area (Å²) in [6.45, 7) is 2.69. The predicted octanol–water partition coefficient (Wildman–Crippen LogP) is 2.77. The molecule has 0 radical (unpaired) electrons. The summed E-state index contributed by atoms with van der Waals surface area (Å²) in [4.78, 5) is 17.2. The zero-order valence-electron chi connectivity index (χ0n) is 14.9. The van der Waals surface area contributed by atoms with Crippen molar-refractivity contribution in [1.82, 2.24) is 19.9 Å². The van der Waals surface area contributed by atoms with Crippen molar-refractivity contribution in [3.8, 4) is 5.75 Å². The molecule has 1 atom stereocenters. The average Bonchev–Trinajstić information content (AvgIpc) is 3.08. The number of anilines is 1. The fraction of sp³-hybridized carbons (Fsp3) is 0.316. The minimum atomic E-state index is -0.330. The van der Waals surface area contributed by atoms with Crippen molar-refractivity contribution in [2.75, 3.05) is 11.9 Å². The van der Waals surface area contributed by atoms with Gasteiger partial charge in [-0.2, -0.15) is 5.10 Å². The fourth-order valence-corrected chi connectivity index (χ4v) is 3.14. The van der Waals surface area contributed by atoms with Gasteiger partial charge in [-0.15, -0.1) is 0 Å². The summed E-state index contributed by atoms with van der Waals surface area (Å²) >= 11 is 0. The third-order valence-corrected chi connectivity index (χ3v) is 4.51. The fourth-order valence-electron chi connectivity index (χ4n) is 3.14. The highest BCUT2D eigenvalue weighted by atomic mass is 19.1. The lowest BCUT2D eigenvalue weighted by atomic mass is 10.1. The highest BCUT2D eigenvalue weighted by Crippen LogP contribution is 2.22. The minimum absolute atomic E-state index is 0.174. The Morgan fingerprint density at radius 2 is 2.26 bits per heavy atom. The molecule has 140 valence electrons. The van der Waals surface area contributed by atoms with Crippen LogP contribution in [0.25, 0.3) is 5.65 Å². The van der Waals surface area contributed by atoms with Gasteiger partial charge < -0.3 is 15.4 Å². The molecule has 3 heterocycles. The van der Waals surface area contributed by atoms with E-state index < -0.39 is 0 Å². The number of benzene rings is 1. The number of aromatic nitrogens is 3. The van der Waals surface area contributed by atoms with E-state index in [0.29, 0.717) is 41.5 Å². The molecule has 4 rings (SSSR count). The maximum Gasteiger partial charge on any atom is 0.257 e. The van der Waals surface area contributed by atoms with E-state index in [2.05, 4.69) is 20.7 Å². The highest BCUT2D eigenvalue weighted by Gasteiger charge is 2.20. The first kappa shape index (κ1) is 17.3. The molecule has 0 fully saturated rings. The van der Waals surface area contributed by atoms with Crippen LogP contribution >= 0.6 is 0 Å². The van der Waals surface area contributed by atoms with Gasteiger partial charge in [0.05, 0.1) is 12.2 Å². The van der Waals surface area contributed by atoms with Gasteiger partial charge in [0.2, 0.25) is 0 Å². The van der Waals surface area contributed by atoms with E-state index in [1.807, 2.05) is 6.92 Å². The largest absolute Gasteiger partial charge is 0.491 e. The number of fused-ring (bicyclic) bond motifs is 2. The summed E-state index contributed by atoms with van der Waals surface area (Å²) in [7, 11) is 0. The lowest BCUT2D eigenvalue weighted by molar-refractivity contribution is 0.0919. The number of hydrogen-bond donors (Lipinski definition) is 2. The first-order chi connectivity index (χ1) is 13.1. The van der Waals surface area contributed by atoms with Crippen molar-refractivity contribution in [3.05, 3.63) is 53.6 Å². The molecule has 0 saturated carbocycles. The smallest absolute Gasteiger partial charge is 0.257 e. The maximum atomic E-state index is 13.7. The second kappa shape index (κ2) is 7.22. The van der Waals surface area contributed by atoms with Gasteiger partial charge in [0.15, 0.2) is 5.65 Å². The summed E-state index contributed by atoms with van der Waals surface area (Å²) in [6.07, 6.45) is 4.89. The Labute approximate surface area is 155 Å². The van der Waals surface area contributed by atoms with Crippen molar-refractivity contribution < 1.29 is 13.9 Å². The Balaban J connectivity index is 1.76. The molecule has 1 aliphatic heterocycles. The topological polar surface area (TPSA) is 80.6 Å². The molecule has 1 aliphatic rings. The SMILES string of the molecule is CCC[C@@H]1COc2ccc(F)cc2CNc2ccn3ncc(c3n2)C(=O)N1. The Hall–Kier alpha value is -3.16. The van der Waals surface area contributed by atoms with Crippen molar-refractivity contribution >= 4 is 17.4 Å². The molecule has 3 aromatic rings. The van der Waals surface area contributed by atoms with Crippen molar-refractivity contribution in [2.24, 2.45) is 0 Å². The van der Waals surface area contributed by atoms with Gasteiger partial charge in [0.25, 0.3) is 5.91 Å². The lowest BCUT2D eigenvalue weighted by Crippen LogP contribution is -2.39. The average molecular weight is 369 g/mol. The molecule has 27 heavy (non-hydrogen) atoms. The van der Waals surface area contributed by atoms with E-state index in [4.69, 9.17) is 4.74 Å². The number of amides is 1. The van der Waals surface area contributed by atoms with Crippen LogP contribution in [0, 0.1) is 5.82 Å². The third kappa shape index (κ3) is 3.55. The number of ether oxygens (including phenoxy) is 1. The molecular formula is C19H20FN5O2. The second-order valence-corrected chi connectivity index (χ2v) is 6.51. The van der Waals surface area contributed by atoms with Gasteiger partial charge in [-0.3, -0.25) is 4.79 Å². The summed E-state index contributed by atoms with van der Waals surface area (Å²) in [5.74, 6) is 0.581. The van der Waals surface area contributed by atoms with E-state index in [1.165, 1.54) is 18.3 Å². The molecule has 8 heteroatoms. The molecule has 0 unspecified atom stereocenters. The van der Waals surface area contributed by atoms with Crippen LogP contribution in [0.2, 0.25) is 0 Å². The molecule has 1 amide bonds. The van der Waals surface area contributed by atoms with Gasteiger partial charge in [-0.25, -0.2) is 13.9 Å². The Morgan fingerprint density at radius 1 is 1.37 bits per heavy atom. The zero-order valence-corrected chi connectivity index (χ0v) is 14.9. The van der Waals surface area contributed by atoms with Crippen LogP contribution in [0.15, 0.2) is 36.7 Å². The summed E-state index contributed by atoms with van der Waals surface area (Å²) in [6, 6.07) is 6.00. The summed E-state index contributed by atoms with van der Waals surface area (Å²) in [5, 5.41) is 10.3. The van der Waals surface area contributed by atoms with Gasteiger partial charge >= 0.3 is 0 Å². The molecule has 0 saturated heterocycles. The molecule has 0 spiro atoms. The maximum absolute atomic E-state index is 13.7. The summed E-state index contributed by atoms with van der Waals surface area (Å²) < 4.78 is 21.2. The van der Waals surface area contributed by atoms with Gasteiger partial charge in [-0.05, 0) is 30.7 Å². The van der Waals surface area contributed by atoms with Crippen molar-refractivity contribution in [3.63, 3.8) is 0 Å². The van der Waals surface area contributed by atoms with Gasteiger partial charge in [0.1, 0.15) is 29.6 Å². The van der Waals surface area contributed by atoms with Crippen molar-refractivity contribution in [2.45, 2.75) is 32.4 Å². The lowest BCUT2D eigenvalue weighted by Gasteiger charge is -2.19.